The van der Waals surface area contributed by atoms with Gasteiger partial charge in [0.15, 0.2) is 11.5 Å². The van der Waals surface area contributed by atoms with Crippen LogP contribution in [0.25, 0.3) is 0 Å². The molecule has 0 saturated carbocycles. The molecule has 144 valence electrons. The highest BCUT2D eigenvalue weighted by Gasteiger charge is 2.25. The number of anilines is 1. The second-order valence-electron chi connectivity index (χ2n) is 6.08. The van der Waals surface area contributed by atoms with Gasteiger partial charge in [-0.25, -0.2) is 12.7 Å². The molecule has 0 bridgehead atoms. The predicted molar refractivity (Wildman–Crippen MR) is 102 cm³/mol. The second kappa shape index (κ2) is 8.19. The monoisotopic (exact) mass is 400 g/mol. The Labute approximate surface area is 158 Å². The van der Waals surface area contributed by atoms with E-state index in [0.717, 1.165) is 0 Å². The average molecular weight is 401 g/mol. The van der Waals surface area contributed by atoms with Gasteiger partial charge in [0.1, 0.15) is 5.01 Å². The first-order chi connectivity index (χ1) is 12.2. The SMILES string of the molecule is COc1cc(Cc2nnc(NC(C)C)s2)c(S(=O)(=O)N(C)C)cc1OC. The Hall–Kier alpha value is -1.91. The summed E-state index contributed by atoms with van der Waals surface area (Å²) in [6.07, 6.45) is 0.320. The fourth-order valence-corrected chi connectivity index (χ4v) is 4.29. The van der Waals surface area contributed by atoms with Crippen LogP contribution in [0.4, 0.5) is 5.13 Å². The zero-order valence-corrected chi connectivity index (χ0v) is 17.4. The van der Waals surface area contributed by atoms with E-state index in [4.69, 9.17) is 9.47 Å². The number of hydrogen-bond acceptors (Lipinski definition) is 8. The van der Waals surface area contributed by atoms with E-state index in [1.165, 1.54) is 50.0 Å². The highest BCUT2D eigenvalue weighted by molar-refractivity contribution is 7.89. The summed E-state index contributed by atoms with van der Waals surface area (Å²) in [5, 5.41) is 12.8. The maximum absolute atomic E-state index is 12.7. The Kier molecular flexibility index (Phi) is 6.43. The van der Waals surface area contributed by atoms with Crippen molar-refractivity contribution in [2.75, 3.05) is 33.6 Å². The van der Waals surface area contributed by atoms with Gasteiger partial charge in [0.05, 0.1) is 19.1 Å². The molecule has 1 N–H and O–H groups in total. The number of ether oxygens (including phenoxy) is 2. The van der Waals surface area contributed by atoms with Gasteiger partial charge in [-0.2, -0.15) is 0 Å². The van der Waals surface area contributed by atoms with Crippen molar-refractivity contribution in [3.63, 3.8) is 0 Å². The van der Waals surface area contributed by atoms with Gasteiger partial charge in [-0.3, -0.25) is 0 Å². The van der Waals surface area contributed by atoms with Gasteiger partial charge in [-0.1, -0.05) is 11.3 Å². The van der Waals surface area contributed by atoms with Crippen molar-refractivity contribution in [2.45, 2.75) is 31.2 Å². The summed E-state index contributed by atoms with van der Waals surface area (Å²) in [6, 6.07) is 3.39. The number of methoxy groups -OCH3 is 2. The van der Waals surface area contributed by atoms with Gasteiger partial charge in [-0.15, -0.1) is 10.2 Å². The van der Waals surface area contributed by atoms with Gasteiger partial charge >= 0.3 is 0 Å². The Balaban J connectivity index is 2.50. The first kappa shape index (κ1) is 20.4. The molecule has 0 unspecified atom stereocenters. The van der Waals surface area contributed by atoms with E-state index in [1.54, 1.807) is 6.07 Å². The Morgan fingerprint density at radius 2 is 1.77 bits per heavy atom. The summed E-state index contributed by atoms with van der Waals surface area (Å²) in [7, 11) is 2.31. The Bertz CT molecular complexity index is 863. The highest BCUT2D eigenvalue weighted by Crippen LogP contribution is 2.35. The number of benzene rings is 1. The largest absolute Gasteiger partial charge is 0.493 e. The molecule has 1 heterocycles. The smallest absolute Gasteiger partial charge is 0.242 e. The molecule has 0 aliphatic rings. The van der Waals surface area contributed by atoms with Crippen molar-refractivity contribution in [2.24, 2.45) is 0 Å². The summed E-state index contributed by atoms with van der Waals surface area (Å²) in [5.41, 5.74) is 0.573. The van der Waals surface area contributed by atoms with E-state index in [9.17, 15) is 8.42 Å². The molecule has 0 spiro atoms. The average Bonchev–Trinajstić information content (AvgIpc) is 3.00. The summed E-state index contributed by atoms with van der Waals surface area (Å²) < 4.78 is 37.2. The maximum atomic E-state index is 12.7. The van der Waals surface area contributed by atoms with Crippen LogP contribution >= 0.6 is 11.3 Å². The van der Waals surface area contributed by atoms with Crippen molar-refractivity contribution in [1.82, 2.24) is 14.5 Å². The van der Waals surface area contributed by atoms with E-state index in [-0.39, 0.29) is 10.9 Å². The lowest BCUT2D eigenvalue weighted by atomic mass is 10.1. The zero-order chi connectivity index (χ0) is 19.5. The summed E-state index contributed by atoms with van der Waals surface area (Å²) in [4.78, 5) is 0.161. The summed E-state index contributed by atoms with van der Waals surface area (Å²) >= 11 is 1.39. The van der Waals surface area contributed by atoms with Crippen LogP contribution in [0.5, 0.6) is 11.5 Å². The molecule has 0 fully saturated rings. The van der Waals surface area contributed by atoms with Crippen LogP contribution in [0.3, 0.4) is 0 Å². The van der Waals surface area contributed by atoms with Crippen molar-refractivity contribution in [1.29, 1.82) is 0 Å². The molecule has 0 radical (unpaired) electrons. The highest BCUT2D eigenvalue weighted by atomic mass is 32.2. The molecule has 1 aromatic heterocycles. The molecule has 8 nitrogen and oxygen atoms in total. The third kappa shape index (κ3) is 4.43. The molecule has 2 aromatic rings. The van der Waals surface area contributed by atoms with Crippen LogP contribution in [0.15, 0.2) is 17.0 Å². The third-order valence-electron chi connectivity index (χ3n) is 3.55. The minimum atomic E-state index is -3.66. The van der Waals surface area contributed by atoms with Crippen molar-refractivity contribution in [3.05, 3.63) is 22.7 Å². The quantitative estimate of drug-likeness (QED) is 0.726. The molecule has 0 amide bonds. The number of rotatable bonds is 8. The van der Waals surface area contributed by atoms with Gasteiger partial charge in [-0.05, 0) is 25.5 Å². The van der Waals surface area contributed by atoms with E-state index in [0.29, 0.717) is 33.6 Å². The van der Waals surface area contributed by atoms with E-state index in [1.807, 2.05) is 13.8 Å². The first-order valence-electron chi connectivity index (χ1n) is 7.95. The molecule has 0 aliphatic carbocycles. The van der Waals surface area contributed by atoms with E-state index >= 15 is 0 Å². The molecular weight excluding hydrogens is 376 g/mol. The molecular formula is C16H24N4O4S2. The van der Waals surface area contributed by atoms with E-state index < -0.39 is 10.0 Å². The minimum absolute atomic E-state index is 0.161. The lowest BCUT2D eigenvalue weighted by Crippen LogP contribution is -2.23. The van der Waals surface area contributed by atoms with Crippen molar-refractivity contribution in [3.8, 4) is 11.5 Å². The molecule has 26 heavy (non-hydrogen) atoms. The summed E-state index contributed by atoms with van der Waals surface area (Å²) in [5.74, 6) is 0.821. The van der Waals surface area contributed by atoms with Crippen LogP contribution in [0.2, 0.25) is 0 Å². The lowest BCUT2D eigenvalue weighted by molar-refractivity contribution is 0.353. The van der Waals surface area contributed by atoms with Crippen LogP contribution in [-0.4, -0.2) is 57.3 Å². The second-order valence-corrected chi connectivity index (χ2v) is 9.26. The van der Waals surface area contributed by atoms with Gasteiger partial charge in [0.25, 0.3) is 0 Å². The van der Waals surface area contributed by atoms with Crippen molar-refractivity contribution < 1.29 is 17.9 Å². The van der Waals surface area contributed by atoms with Gasteiger partial charge in [0.2, 0.25) is 15.2 Å². The van der Waals surface area contributed by atoms with E-state index in [2.05, 4.69) is 15.5 Å². The molecule has 2 rings (SSSR count). The topological polar surface area (TPSA) is 93.7 Å². The zero-order valence-electron chi connectivity index (χ0n) is 15.7. The number of aromatic nitrogens is 2. The number of nitrogens with one attached hydrogen (secondary N) is 1. The number of nitrogens with zero attached hydrogens (tertiary/aromatic N) is 3. The first-order valence-corrected chi connectivity index (χ1v) is 10.2. The fourth-order valence-electron chi connectivity index (χ4n) is 2.27. The molecule has 0 saturated heterocycles. The fraction of sp³-hybridized carbons (Fsp3) is 0.500. The lowest BCUT2D eigenvalue weighted by Gasteiger charge is -2.17. The third-order valence-corrected chi connectivity index (χ3v) is 6.30. The van der Waals surface area contributed by atoms with Crippen molar-refractivity contribution >= 4 is 26.5 Å². The minimum Gasteiger partial charge on any atom is -0.493 e. The van der Waals surface area contributed by atoms with Gasteiger partial charge < -0.3 is 14.8 Å². The Morgan fingerprint density at radius 3 is 2.31 bits per heavy atom. The summed E-state index contributed by atoms with van der Waals surface area (Å²) in [6.45, 7) is 4.02. The number of hydrogen-bond donors (Lipinski definition) is 1. The van der Waals surface area contributed by atoms with Crippen LogP contribution in [0, 0.1) is 0 Å². The Morgan fingerprint density at radius 1 is 1.15 bits per heavy atom. The maximum Gasteiger partial charge on any atom is 0.242 e. The normalized spacial score (nSPS) is 11.8. The molecule has 0 aliphatic heterocycles. The molecule has 0 atom stereocenters. The van der Waals surface area contributed by atoms with Crippen LogP contribution in [-0.2, 0) is 16.4 Å². The predicted octanol–water partition coefficient (Wildman–Crippen LogP) is 2.22. The van der Waals surface area contributed by atoms with Gasteiger partial charge in [0, 0.05) is 32.6 Å². The van der Waals surface area contributed by atoms with Crippen LogP contribution in [0.1, 0.15) is 24.4 Å². The molecule has 1 aromatic carbocycles. The number of sulfonamides is 1. The standard InChI is InChI=1S/C16H24N4O4S2/c1-10(2)17-16-19-18-15(25-16)8-11-7-12(23-5)13(24-6)9-14(11)26(21,22)20(3)4/h7,9-10H,8H2,1-6H3,(H,17,19). The van der Waals surface area contributed by atoms with Crippen LogP contribution < -0.4 is 14.8 Å². The molecule has 10 heteroatoms.